The van der Waals surface area contributed by atoms with Crippen LogP contribution in [0.1, 0.15) is 6.42 Å². The van der Waals surface area contributed by atoms with Crippen molar-refractivity contribution in [1.29, 1.82) is 0 Å². The summed E-state index contributed by atoms with van der Waals surface area (Å²) in [6.45, 7) is 0. The van der Waals surface area contributed by atoms with Gasteiger partial charge in [0.15, 0.2) is 0 Å². The van der Waals surface area contributed by atoms with Gasteiger partial charge in [-0.2, -0.15) is 0 Å². The number of fused-ring (bicyclic) bond motifs is 5. The van der Waals surface area contributed by atoms with E-state index in [1.807, 2.05) is 0 Å². The summed E-state index contributed by atoms with van der Waals surface area (Å²) in [6, 6.07) is 0.368. The summed E-state index contributed by atoms with van der Waals surface area (Å²) in [5, 5.41) is 2.88. The molecule has 1 amide bonds. The van der Waals surface area contributed by atoms with Crippen molar-refractivity contribution >= 4 is 5.91 Å². The molecule has 1 N–H and O–H groups in total. The third-order valence-corrected chi connectivity index (χ3v) is 2.53. The van der Waals surface area contributed by atoms with E-state index in [1.54, 1.807) is 0 Å². The number of piperidine rings is 1. The van der Waals surface area contributed by atoms with E-state index in [1.165, 1.54) is 0 Å². The zero-order chi connectivity index (χ0) is 6.01. The number of carbonyl (C=O) groups is 1. The van der Waals surface area contributed by atoms with Crippen molar-refractivity contribution in [1.82, 2.24) is 5.32 Å². The maximum Gasteiger partial charge on any atom is 0.226 e. The number of rotatable bonds is 0. The Labute approximate surface area is 52.4 Å². The van der Waals surface area contributed by atoms with Gasteiger partial charge in [0, 0.05) is 0 Å². The van der Waals surface area contributed by atoms with E-state index in [2.05, 4.69) is 5.32 Å². The first kappa shape index (κ1) is 4.28. The Hall–Kier alpha value is -0.570. The lowest BCUT2D eigenvalue weighted by atomic mass is 10.1. The van der Waals surface area contributed by atoms with Crippen LogP contribution < -0.4 is 5.32 Å². The number of carbonyl (C=O) groups excluding carboxylic acids is 1. The molecule has 3 aliphatic rings. The van der Waals surface area contributed by atoms with Crippen molar-refractivity contribution in [2.45, 2.75) is 24.7 Å². The van der Waals surface area contributed by atoms with Crippen molar-refractivity contribution < 1.29 is 9.53 Å². The van der Waals surface area contributed by atoms with Gasteiger partial charge in [0.1, 0.15) is 6.10 Å². The number of ether oxygens (including phenoxy) is 1. The monoisotopic (exact) mass is 125 g/mol. The first-order valence-corrected chi connectivity index (χ1v) is 3.32. The highest BCUT2D eigenvalue weighted by atomic mass is 16.6. The van der Waals surface area contributed by atoms with Crippen molar-refractivity contribution in [2.75, 3.05) is 0 Å². The molecule has 2 aliphatic heterocycles. The summed E-state index contributed by atoms with van der Waals surface area (Å²) >= 11 is 0. The molecule has 3 rings (SSSR count). The molecule has 1 saturated carbocycles. The maximum absolute atomic E-state index is 10.9. The lowest BCUT2D eigenvalue weighted by Gasteiger charge is -2.04. The minimum atomic E-state index is 0.207. The molecule has 0 aromatic heterocycles. The molecule has 0 spiro atoms. The van der Waals surface area contributed by atoms with Gasteiger partial charge >= 0.3 is 0 Å². The minimum absolute atomic E-state index is 0.207. The Kier molecular flexibility index (Phi) is 0.481. The predicted octanol–water partition coefficient (Wildman–Crippen LogP) is -0.728. The van der Waals surface area contributed by atoms with Crippen LogP contribution in [0.2, 0.25) is 0 Å². The molecule has 2 heterocycles. The van der Waals surface area contributed by atoms with Crippen LogP contribution >= 0.6 is 0 Å². The summed E-state index contributed by atoms with van der Waals surface area (Å²) < 4.78 is 5.23. The molecule has 0 aromatic rings. The molecule has 3 fully saturated rings. The van der Waals surface area contributed by atoms with Crippen molar-refractivity contribution in [3.8, 4) is 0 Å². The molecule has 4 atom stereocenters. The quantitative estimate of drug-likeness (QED) is 0.434. The summed E-state index contributed by atoms with van der Waals surface area (Å²) in [7, 11) is 0. The van der Waals surface area contributed by atoms with Gasteiger partial charge in [-0.05, 0) is 6.42 Å². The van der Waals surface area contributed by atoms with Crippen molar-refractivity contribution in [3.05, 3.63) is 0 Å². The van der Waals surface area contributed by atoms with Gasteiger partial charge in [-0.25, -0.2) is 0 Å². The van der Waals surface area contributed by atoms with E-state index < -0.39 is 0 Å². The van der Waals surface area contributed by atoms with Gasteiger partial charge in [0.25, 0.3) is 0 Å². The first-order valence-electron chi connectivity index (χ1n) is 3.32. The van der Waals surface area contributed by atoms with Gasteiger partial charge in [0.2, 0.25) is 5.91 Å². The Balaban J connectivity index is 2.04. The van der Waals surface area contributed by atoms with E-state index in [0.29, 0.717) is 18.2 Å². The number of nitrogens with one attached hydrogen (secondary N) is 1. The van der Waals surface area contributed by atoms with Crippen LogP contribution in [0, 0.1) is 5.92 Å². The standard InChI is InChI=1S/C6H7NO2/c8-6-2-1-3(7-6)5-4(2)9-5/h2-5H,1H2,(H,7,8). The highest BCUT2D eigenvalue weighted by Gasteiger charge is 2.63. The molecule has 2 saturated heterocycles. The molecule has 1 aliphatic carbocycles. The average Bonchev–Trinajstić information content (AvgIpc) is 2.46. The lowest BCUT2D eigenvalue weighted by molar-refractivity contribution is -0.123. The largest absolute Gasteiger partial charge is 0.366 e. The van der Waals surface area contributed by atoms with Crippen LogP contribution in [0.25, 0.3) is 0 Å². The summed E-state index contributed by atoms with van der Waals surface area (Å²) in [5.41, 5.74) is 0. The SMILES string of the molecule is O=C1NC2CC1C1OC21. The smallest absolute Gasteiger partial charge is 0.226 e. The number of amides is 1. The third-order valence-electron chi connectivity index (χ3n) is 2.53. The van der Waals surface area contributed by atoms with E-state index in [-0.39, 0.29) is 11.8 Å². The van der Waals surface area contributed by atoms with E-state index in [0.717, 1.165) is 6.42 Å². The molecule has 0 aromatic carbocycles. The van der Waals surface area contributed by atoms with Crippen LogP contribution in [-0.4, -0.2) is 24.2 Å². The van der Waals surface area contributed by atoms with Gasteiger partial charge in [-0.15, -0.1) is 0 Å². The highest BCUT2D eigenvalue weighted by Crippen LogP contribution is 2.46. The Morgan fingerprint density at radius 2 is 2.44 bits per heavy atom. The van der Waals surface area contributed by atoms with E-state index >= 15 is 0 Å². The van der Waals surface area contributed by atoms with Crippen LogP contribution in [0.15, 0.2) is 0 Å². The highest BCUT2D eigenvalue weighted by molar-refractivity contribution is 5.84. The van der Waals surface area contributed by atoms with Crippen LogP contribution in [0.5, 0.6) is 0 Å². The summed E-state index contributed by atoms with van der Waals surface area (Å²) in [4.78, 5) is 10.9. The van der Waals surface area contributed by atoms with Crippen molar-refractivity contribution in [3.63, 3.8) is 0 Å². The second-order valence-corrected chi connectivity index (χ2v) is 3.02. The molecule has 9 heavy (non-hydrogen) atoms. The van der Waals surface area contributed by atoms with Gasteiger partial charge in [-0.3, -0.25) is 4.79 Å². The van der Waals surface area contributed by atoms with Gasteiger partial charge < -0.3 is 10.1 Å². The zero-order valence-electron chi connectivity index (χ0n) is 4.83. The van der Waals surface area contributed by atoms with Crippen molar-refractivity contribution in [2.24, 2.45) is 5.92 Å². The average molecular weight is 125 g/mol. The normalized spacial score (nSPS) is 59.3. The Morgan fingerprint density at radius 3 is 3.00 bits per heavy atom. The van der Waals surface area contributed by atoms with Crippen LogP contribution in [-0.2, 0) is 9.53 Å². The molecular weight excluding hydrogens is 118 g/mol. The molecular formula is C6H7NO2. The van der Waals surface area contributed by atoms with E-state index in [9.17, 15) is 4.79 Å². The number of hydrogen-bond donors (Lipinski definition) is 1. The maximum atomic E-state index is 10.9. The van der Waals surface area contributed by atoms with Crippen LogP contribution in [0.4, 0.5) is 0 Å². The zero-order valence-corrected chi connectivity index (χ0v) is 4.83. The second kappa shape index (κ2) is 1.01. The number of epoxide rings is 1. The fourth-order valence-corrected chi connectivity index (χ4v) is 2.01. The minimum Gasteiger partial charge on any atom is -0.366 e. The number of hydrogen-bond acceptors (Lipinski definition) is 2. The topological polar surface area (TPSA) is 41.6 Å². The summed E-state index contributed by atoms with van der Waals surface area (Å²) in [5.74, 6) is 0.416. The van der Waals surface area contributed by atoms with Crippen LogP contribution in [0.3, 0.4) is 0 Å². The molecule has 0 radical (unpaired) electrons. The molecule has 2 bridgehead atoms. The van der Waals surface area contributed by atoms with E-state index in [4.69, 9.17) is 4.74 Å². The first-order chi connectivity index (χ1) is 4.36. The summed E-state index contributed by atoms with van der Waals surface area (Å²) in [6.07, 6.45) is 1.73. The molecule has 4 unspecified atom stereocenters. The Bertz CT molecular complexity index is 191. The second-order valence-electron chi connectivity index (χ2n) is 3.02. The Morgan fingerprint density at radius 1 is 1.56 bits per heavy atom. The predicted molar refractivity (Wildman–Crippen MR) is 28.7 cm³/mol. The fraction of sp³-hybridized carbons (Fsp3) is 0.833. The van der Waals surface area contributed by atoms with Gasteiger partial charge in [0.05, 0.1) is 18.1 Å². The molecule has 3 heteroatoms. The molecule has 48 valence electrons. The fourth-order valence-electron chi connectivity index (χ4n) is 2.01. The molecule has 3 nitrogen and oxygen atoms in total. The van der Waals surface area contributed by atoms with Gasteiger partial charge in [-0.1, -0.05) is 0 Å². The lowest BCUT2D eigenvalue weighted by Crippen LogP contribution is -2.35. The third kappa shape index (κ3) is 0.339.